The van der Waals surface area contributed by atoms with E-state index in [1.807, 2.05) is 127 Å². The third kappa shape index (κ3) is 8.25. The van der Waals surface area contributed by atoms with E-state index in [2.05, 4.69) is 0 Å². The van der Waals surface area contributed by atoms with Gasteiger partial charge in [-0.3, -0.25) is 9.59 Å². The van der Waals surface area contributed by atoms with E-state index in [-0.39, 0.29) is 28.4 Å². The lowest BCUT2D eigenvalue weighted by Gasteiger charge is -2.20. The number of aromatic hydroxyl groups is 2. The van der Waals surface area contributed by atoms with Crippen molar-refractivity contribution in [1.82, 2.24) is 0 Å². The predicted octanol–water partition coefficient (Wildman–Crippen LogP) is 6.31. The molecule has 0 bridgehead atoms. The van der Waals surface area contributed by atoms with Gasteiger partial charge in [0.05, 0.1) is 5.30 Å². The maximum atomic E-state index is 13.9. The zero-order valence-electron chi connectivity index (χ0n) is 26.9. The molecule has 6 aromatic carbocycles. The minimum Gasteiger partial charge on any atom is -0.508 e. The lowest BCUT2D eigenvalue weighted by Crippen LogP contribution is -2.25. The number of allylic oxidation sites excluding steroid dienone is 4. The van der Waals surface area contributed by atoms with E-state index >= 15 is 0 Å². The van der Waals surface area contributed by atoms with E-state index in [9.17, 15) is 28.9 Å². The number of hydrogen-bond donors (Lipinski definition) is 2. The molecule has 1 aliphatic rings. The molecule has 50 heavy (non-hydrogen) atoms. The van der Waals surface area contributed by atoms with Crippen molar-refractivity contribution in [3.05, 3.63) is 194 Å². The van der Waals surface area contributed by atoms with Crippen LogP contribution in [0.2, 0.25) is 0 Å². The molecule has 248 valence electrons. The molecule has 8 heteroatoms. The van der Waals surface area contributed by atoms with Gasteiger partial charge in [-0.15, -0.1) is 0 Å². The first kappa shape index (κ1) is 35.5. The van der Waals surface area contributed by atoms with Gasteiger partial charge in [0.1, 0.15) is 11.5 Å². The van der Waals surface area contributed by atoms with Crippen LogP contribution in [0.15, 0.2) is 194 Å². The molecule has 0 aromatic heterocycles. The summed E-state index contributed by atoms with van der Waals surface area (Å²) in [5.41, 5.74) is 0. The summed E-state index contributed by atoms with van der Waals surface area (Å²) in [4.78, 5) is 20.6. The maximum absolute atomic E-state index is 13.9. The van der Waals surface area contributed by atoms with E-state index < -0.39 is 14.3 Å². The Balaban J connectivity index is 0.000000160. The third-order valence-electron chi connectivity index (χ3n) is 7.72. The Labute approximate surface area is 291 Å². The first-order valence-electron chi connectivity index (χ1n) is 15.7. The van der Waals surface area contributed by atoms with Crippen molar-refractivity contribution in [3.63, 3.8) is 0 Å². The van der Waals surface area contributed by atoms with Crippen LogP contribution in [0.1, 0.15) is 0 Å². The van der Waals surface area contributed by atoms with Gasteiger partial charge in [0.25, 0.3) is 0 Å². The number of benzene rings is 6. The van der Waals surface area contributed by atoms with Gasteiger partial charge in [0, 0.05) is 26.5 Å². The van der Waals surface area contributed by atoms with Crippen LogP contribution >= 0.6 is 14.3 Å². The van der Waals surface area contributed by atoms with Gasteiger partial charge < -0.3 is 19.3 Å². The van der Waals surface area contributed by atoms with Crippen molar-refractivity contribution < 1.29 is 28.9 Å². The molecule has 2 N–H and O–H groups in total. The number of carbonyl (C=O) groups excluding carboxylic acids is 2. The summed E-state index contributed by atoms with van der Waals surface area (Å²) in [5, 5.41) is 24.1. The first-order chi connectivity index (χ1) is 24.2. The number of phenols is 2. The second-order valence-corrected chi connectivity index (χ2v) is 16.5. The predicted molar refractivity (Wildman–Crippen MR) is 203 cm³/mol. The summed E-state index contributed by atoms with van der Waals surface area (Å²) < 4.78 is 27.7. The molecular formula is C42H34O6P2. The quantitative estimate of drug-likeness (QED) is 0.120. The molecule has 0 atom stereocenters. The largest absolute Gasteiger partial charge is 0.508 e. The summed E-state index contributed by atoms with van der Waals surface area (Å²) in [7, 11) is -6.03. The smallest absolute Gasteiger partial charge is 0.178 e. The highest BCUT2D eigenvalue weighted by Crippen LogP contribution is 2.45. The van der Waals surface area contributed by atoms with E-state index in [1.54, 1.807) is 24.3 Å². The van der Waals surface area contributed by atoms with Crippen LogP contribution in [0.3, 0.4) is 0 Å². The summed E-state index contributed by atoms with van der Waals surface area (Å²) in [6.07, 6.45) is 5.01. The van der Waals surface area contributed by atoms with E-state index in [0.717, 1.165) is 15.9 Å². The van der Waals surface area contributed by atoms with Gasteiger partial charge in [-0.2, -0.15) is 0 Å². The third-order valence-corrected chi connectivity index (χ3v) is 13.9. The van der Waals surface area contributed by atoms with Gasteiger partial charge in [0.2, 0.25) is 0 Å². The molecule has 0 unspecified atom stereocenters. The van der Waals surface area contributed by atoms with Gasteiger partial charge >= 0.3 is 0 Å². The number of carbonyl (C=O) groups is 2. The molecule has 0 spiro atoms. The molecule has 1 aliphatic carbocycles. The summed E-state index contributed by atoms with van der Waals surface area (Å²) in [6.45, 7) is 0. The summed E-state index contributed by atoms with van der Waals surface area (Å²) in [5.74, 6) is -0.358. The SMILES string of the molecule is O=C1C=CC(=O)C=C1.O=P(c1ccccc1)(c1ccccc1)c1cc(O)ccc1O.O=P(c1ccccc1)(c1ccccc1)c1ccccc1. The van der Waals surface area contributed by atoms with Crippen molar-refractivity contribution in [2.45, 2.75) is 0 Å². The minimum absolute atomic E-state index is 0.0279. The Morgan fingerprint density at radius 2 is 0.640 bits per heavy atom. The number of phenolic OH excluding ortho intramolecular Hbond substituents is 2. The molecule has 0 fully saturated rings. The van der Waals surface area contributed by atoms with E-state index in [0.29, 0.717) is 10.6 Å². The first-order valence-corrected chi connectivity index (χ1v) is 19.1. The Morgan fingerprint density at radius 3 is 0.940 bits per heavy atom. The molecule has 0 amide bonds. The van der Waals surface area contributed by atoms with Gasteiger partial charge in [-0.25, -0.2) is 0 Å². The van der Waals surface area contributed by atoms with Gasteiger partial charge in [-0.05, 0) is 42.5 Å². The zero-order valence-corrected chi connectivity index (χ0v) is 28.7. The molecule has 0 aliphatic heterocycles. The van der Waals surface area contributed by atoms with Gasteiger partial charge in [0.15, 0.2) is 25.9 Å². The fourth-order valence-corrected chi connectivity index (χ4v) is 10.7. The van der Waals surface area contributed by atoms with Crippen LogP contribution in [0.5, 0.6) is 11.5 Å². The average molecular weight is 697 g/mol. The van der Waals surface area contributed by atoms with E-state index in [4.69, 9.17) is 0 Å². The van der Waals surface area contributed by atoms with Crippen LogP contribution < -0.4 is 31.8 Å². The second-order valence-electron chi connectivity index (χ2n) is 11.0. The van der Waals surface area contributed by atoms with Gasteiger partial charge in [-0.1, -0.05) is 152 Å². The van der Waals surface area contributed by atoms with Crippen molar-refractivity contribution >= 4 is 57.7 Å². The highest BCUT2D eigenvalue weighted by atomic mass is 31.2. The lowest BCUT2D eigenvalue weighted by molar-refractivity contribution is -0.113. The maximum Gasteiger partial charge on any atom is 0.178 e. The molecule has 0 radical (unpaired) electrons. The molecule has 0 heterocycles. The van der Waals surface area contributed by atoms with Crippen LogP contribution in [0.4, 0.5) is 0 Å². The fraction of sp³-hybridized carbons (Fsp3) is 0. The van der Waals surface area contributed by atoms with Crippen LogP contribution in [-0.4, -0.2) is 21.8 Å². The molecular weight excluding hydrogens is 662 g/mol. The van der Waals surface area contributed by atoms with Crippen molar-refractivity contribution in [1.29, 1.82) is 0 Å². The number of ketones is 2. The Hall–Kier alpha value is -5.80. The lowest BCUT2D eigenvalue weighted by atomic mass is 10.2. The zero-order chi connectivity index (χ0) is 35.4. The fourth-order valence-electron chi connectivity index (χ4n) is 5.27. The highest BCUT2D eigenvalue weighted by molar-refractivity contribution is 7.85. The Bertz CT molecular complexity index is 2020. The number of rotatable bonds is 6. The topological polar surface area (TPSA) is 109 Å². The Morgan fingerprint density at radius 1 is 0.360 bits per heavy atom. The second kappa shape index (κ2) is 16.5. The van der Waals surface area contributed by atoms with Crippen LogP contribution in [0, 0.1) is 0 Å². The molecule has 7 rings (SSSR count). The van der Waals surface area contributed by atoms with Crippen LogP contribution in [-0.2, 0) is 18.7 Å². The summed E-state index contributed by atoms with van der Waals surface area (Å²) >= 11 is 0. The standard InChI is InChI=1S/C18H15O3P.C18H15OP.C6H4O2/c19-14-11-12-17(20)18(13-14)22(21,15-7-3-1-4-8-15)16-9-5-2-6-10-16;19-20(16-10-4-1-5-11-16,17-12-6-2-7-13-17)18-14-8-3-9-15-18;7-5-1-2-6(8)4-3-5/h1-13,19-20H;1-15H;1-4H. The normalized spacial score (nSPS) is 12.2. The van der Waals surface area contributed by atoms with Crippen molar-refractivity contribution in [3.8, 4) is 11.5 Å². The van der Waals surface area contributed by atoms with Crippen molar-refractivity contribution in [2.24, 2.45) is 0 Å². The van der Waals surface area contributed by atoms with E-state index in [1.165, 1.54) is 42.5 Å². The van der Waals surface area contributed by atoms with Crippen molar-refractivity contribution in [2.75, 3.05) is 0 Å². The Kier molecular flexibility index (Phi) is 11.7. The average Bonchev–Trinajstić information content (AvgIpc) is 3.18. The minimum atomic E-state index is -3.25. The number of hydrogen-bond acceptors (Lipinski definition) is 6. The molecule has 0 saturated heterocycles. The molecule has 6 nitrogen and oxygen atoms in total. The summed E-state index contributed by atoms with van der Waals surface area (Å²) in [6, 6.07) is 51.3. The molecule has 0 saturated carbocycles. The van der Waals surface area contributed by atoms with Crippen LogP contribution in [0.25, 0.3) is 0 Å². The monoisotopic (exact) mass is 696 g/mol. The highest BCUT2D eigenvalue weighted by Gasteiger charge is 2.32. The molecule has 6 aromatic rings.